The van der Waals surface area contributed by atoms with E-state index >= 15 is 0 Å². The summed E-state index contributed by atoms with van der Waals surface area (Å²) in [6.07, 6.45) is 2.23. The van der Waals surface area contributed by atoms with Crippen LogP contribution in [0.3, 0.4) is 0 Å². The fraction of sp³-hybridized carbons (Fsp3) is 0.923. The van der Waals surface area contributed by atoms with Gasteiger partial charge in [-0.15, -0.1) is 0 Å². The SMILES string of the molecule is CCNC(C)CC(=O)NCC(C)(C)CCCO. The van der Waals surface area contributed by atoms with Crippen LogP contribution in [0, 0.1) is 5.41 Å². The molecule has 1 amide bonds. The number of hydrogen-bond acceptors (Lipinski definition) is 3. The Morgan fingerprint density at radius 3 is 2.59 bits per heavy atom. The van der Waals surface area contributed by atoms with Crippen molar-refractivity contribution in [2.75, 3.05) is 19.7 Å². The smallest absolute Gasteiger partial charge is 0.221 e. The largest absolute Gasteiger partial charge is 0.396 e. The lowest BCUT2D eigenvalue weighted by molar-refractivity contribution is -0.121. The average Bonchev–Trinajstić information content (AvgIpc) is 2.24. The van der Waals surface area contributed by atoms with Crippen molar-refractivity contribution in [2.24, 2.45) is 5.41 Å². The molecule has 1 atom stereocenters. The van der Waals surface area contributed by atoms with Gasteiger partial charge in [0, 0.05) is 25.6 Å². The zero-order valence-corrected chi connectivity index (χ0v) is 11.7. The van der Waals surface area contributed by atoms with E-state index in [2.05, 4.69) is 24.5 Å². The average molecular weight is 244 g/mol. The van der Waals surface area contributed by atoms with Gasteiger partial charge in [-0.05, 0) is 31.7 Å². The molecule has 3 N–H and O–H groups in total. The van der Waals surface area contributed by atoms with Crippen molar-refractivity contribution in [1.29, 1.82) is 0 Å². The third-order valence-electron chi connectivity index (χ3n) is 2.82. The Morgan fingerprint density at radius 1 is 1.41 bits per heavy atom. The van der Waals surface area contributed by atoms with E-state index in [-0.39, 0.29) is 24.0 Å². The van der Waals surface area contributed by atoms with Gasteiger partial charge in [-0.2, -0.15) is 0 Å². The maximum Gasteiger partial charge on any atom is 0.221 e. The summed E-state index contributed by atoms with van der Waals surface area (Å²) < 4.78 is 0. The Labute approximate surface area is 105 Å². The van der Waals surface area contributed by atoms with Gasteiger partial charge in [0.2, 0.25) is 5.91 Å². The predicted molar refractivity (Wildman–Crippen MR) is 70.9 cm³/mol. The second-order valence-corrected chi connectivity index (χ2v) is 5.43. The lowest BCUT2D eigenvalue weighted by Gasteiger charge is -2.25. The Balaban J connectivity index is 3.82. The van der Waals surface area contributed by atoms with E-state index in [0.717, 1.165) is 19.4 Å². The van der Waals surface area contributed by atoms with Crippen LogP contribution in [0.25, 0.3) is 0 Å². The molecule has 0 radical (unpaired) electrons. The lowest BCUT2D eigenvalue weighted by Crippen LogP contribution is -2.38. The van der Waals surface area contributed by atoms with Crippen molar-refractivity contribution in [3.63, 3.8) is 0 Å². The van der Waals surface area contributed by atoms with Gasteiger partial charge >= 0.3 is 0 Å². The van der Waals surface area contributed by atoms with Gasteiger partial charge in [0.25, 0.3) is 0 Å². The number of aliphatic hydroxyl groups is 1. The quantitative estimate of drug-likeness (QED) is 0.573. The van der Waals surface area contributed by atoms with Gasteiger partial charge in [-0.25, -0.2) is 0 Å². The van der Waals surface area contributed by atoms with Crippen molar-refractivity contribution in [1.82, 2.24) is 10.6 Å². The maximum absolute atomic E-state index is 11.6. The normalized spacial score (nSPS) is 13.5. The van der Waals surface area contributed by atoms with Crippen LogP contribution >= 0.6 is 0 Å². The van der Waals surface area contributed by atoms with Crippen molar-refractivity contribution in [2.45, 2.75) is 53.0 Å². The Bertz CT molecular complexity index is 217. The molecule has 0 aromatic heterocycles. The molecule has 4 heteroatoms. The molecule has 0 saturated carbocycles. The fourth-order valence-corrected chi connectivity index (χ4v) is 1.75. The third-order valence-corrected chi connectivity index (χ3v) is 2.82. The van der Waals surface area contributed by atoms with Gasteiger partial charge in [0.15, 0.2) is 0 Å². The van der Waals surface area contributed by atoms with Crippen LogP contribution in [0.5, 0.6) is 0 Å². The Hall–Kier alpha value is -0.610. The van der Waals surface area contributed by atoms with E-state index in [4.69, 9.17) is 5.11 Å². The first kappa shape index (κ1) is 16.4. The molecule has 0 bridgehead atoms. The Kier molecular flexibility index (Phi) is 8.17. The highest BCUT2D eigenvalue weighted by Gasteiger charge is 2.18. The van der Waals surface area contributed by atoms with E-state index in [0.29, 0.717) is 13.0 Å². The molecule has 0 saturated heterocycles. The summed E-state index contributed by atoms with van der Waals surface area (Å²) in [4.78, 5) is 11.6. The number of hydrogen-bond donors (Lipinski definition) is 3. The summed E-state index contributed by atoms with van der Waals surface area (Å²) in [5.41, 5.74) is 0.0554. The van der Waals surface area contributed by atoms with Gasteiger partial charge in [-0.1, -0.05) is 20.8 Å². The van der Waals surface area contributed by atoms with Crippen LogP contribution in [-0.4, -0.2) is 36.8 Å². The summed E-state index contributed by atoms with van der Waals surface area (Å²) >= 11 is 0. The van der Waals surface area contributed by atoms with Gasteiger partial charge < -0.3 is 15.7 Å². The third kappa shape index (κ3) is 9.12. The lowest BCUT2D eigenvalue weighted by atomic mass is 9.88. The van der Waals surface area contributed by atoms with Crippen LogP contribution in [0.4, 0.5) is 0 Å². The van der Waals surface area contributed by atoms with Gasteiger partial charge in [0.05, 0.1) is 0 Å². The highest BCUT2D eigenvalue weighted by atomic mass is 16.2. The van der Waals surface area contributed by atoms with Crippen molar-refractivity contribution in [3.05, 3.63) is 0 Å². The molecule has 0 aromatic rings. The highest BCUT2D eigenvalue weighted by Crippen LogP contribution is 2.20. The van der Waals surface area contributed by atoms with Crippen molar-refractivity contribution < 1.29 is 9.90 Å². The minimum absolute atomic E-state index is 0.0554. The summed E-state index contributed by atoms with van der Waals surface area (Å²) in [5.74, 6) is 0.0931. The molecule has 4 nitrogen and oxygen atoms in total. The Morgan fingerprint density at radius 2 is 2.06 bits per heavy atom. The zero-order valence-electron chi connectivity index (χ0n) is 11.7. The second-order valence-electron chi connectivity index (χ2n) is 5.43. The number of rotatable bonds is 9. The topological polar surface area (TPSA) is 61.4 Å². The van der Waals surface area contributed by atoms with Crippen LogP contribution < -0.4 is 10.6 Å². The molecular weight excluding hydrogens is 216 g/mol. The summed E-state index contributed by atoms with van der Waals surface area (Å²) in [5, 5.41) is 15.0. The molecule has 0 rings (SSSR count). The fourth-order valence-electron chi connectivity index (χ4n) is 1.75. The molecule has 0 aliphatic rings. The van der Waals surface area contributed by atoms with Crippen LogP contribution in [-0.2, 0) is 4.79 Å². The first-order valence-electron chi connectivity index (χ1n) is 6.52. The molecule has 0 spiro atoms. The van der Waals surface area contributed by atoms with E-state index in [1.165, 1.54) is 0 Å². The maximum atomic E-state index is 11.6. The summed E-state index contributed by atoms with van der Waals surface area (Å²) in [7, 11) is 0. The predicted octanol–water partition coefficient (Wildman–Crippen LogP) is 1.29. The summed E-state index contributed by atoms with van der Waals surface area (Å²) in [6.45, 7) is 10.0. The molecule has 17 heavy (non-hydrogen) atoms. The second kappa shape index (κ2) is 8.48. The van der Waals surface area contributed by atoms with E-state index in [9.17, 15) is 4.79 Å². The highest BCUT2D eigenvalue weighted by molar-refractivity contribution is 5.76. The minimum Gasteiger partial charge on any atom is -0.396 e. The number of amides is 1. The van der Waals surface area contributed by atoms with E-state index < -0.39 is 0 Å². The molecule has 102 valence electrons. The molecule has 0 heterocycles. The monoisotopic (exact) mass is 244 g/mol. The van der Waals surface area contributed by atoms with E-state index in [1.54, 1.807) is 0 Å². The number of carbonyl (C=O) groups is 1. The first-order valence-corrected chi connectivity index (χ1v) is 6.52. The molecule has 1 unspecified atom stereocenters. The molecule has 0 aromatic carbocycles. The van der Waals surface area contributed by atoms with E-state index in [1.807, 2.05) is 13.8 Å². The number of aliphatic hydroxyl groups excluding tert-OH is 1. The van der Waals surface area contributed by atoms with Crippen molar-refractivity contribution >= 4 is 5.91 Å². The van der Waals surface area contributed by atoms with Crippen molar-refractivity contribution in [3.8, 4) is 0 Å². The number of nitrogens with one attached hydrogen (secondary N) is 2. The first-order chi connectivity index (χ1) is 7.91. The van der Waals surface area contributed by atoms with Gasteiger partial charge in [0.1, 0.15) is 0 Å². The minimum atomic E-state index is 0.0554. The standard InChI is InChI=1S/C13H28N2O2/c1-5-14-11(2)9-12(17)15-10-13(3,4)7-6-8-16/h11,14,16H,5-10H2,1-4H3,(H,15,17). The van der Waals surface area contributed by atoms with Gasteiger partial charge in [-0.3, -0.25) is 4.79 Å². The molecular formula is C13H28N2O2. The molecule has 0 fully saturated rings. The number of carbonyl (C=O) groups excluding carboxylic acids is 1. The zero-order chi connectivity index (χ0) is 13.3. The summed E-state index contributed by atoms with van der Waals surface area (Å²) in [6, 6.07) is 0.223. The molecule has 0 aliphatic heterocycles. The van der Waals surface area contributed by atoms with Crippen LogP contribution in [0.2, 0.25) is 0 Å². The van der Waals surface area contributed by atoms with Crippen LogP contribution in [0.15, 0.2) is 0 Å². The van der Waals surface area contributed by atoms with Crippen LogP contribution in [0.1, 0.15) is 47.0 Å². The molecule has 0 aliphatic carbocycles.